The highest BCUT2D eigenvalue weighted by Crippen LogP contribution is 2.20. The third-order valence-corrected chi connectivity index (χ3v) is 4.76. The topological polar surface area (TPSA) is 92.6 Å². The summed E-state index contributed by atoms with van der Waals surface area (Å²) in [5.74, 6) is -0.196. The fraction of sp³-hybridized carbons (Fsp3) is 0.474. The van der Waals surface area contributed by atoms with Gasteiger partial charge in [-0.2, -0.15) is 0 Å². The third kappa shape index (κ3) is 4.86. The molecule has 1 N–H and O–H groups in total. The van der Waals surface area contributed by atoms with Crippen LogP contribution in [0.25, 0.3) is 0 Å². The number of hydrogen-bond acceptors (Lipinski definition) is 5. The average molecular weight is 386 g/mol. The van der Waals surface area contributed by atoms with Crippen LogP contribution < -0.4 is 5.32 Å². The fourth-order valence-corrected chi connectivity index (χ4v) is 2.94. The Balaban J connectivity index is 1.41. The van der Waals surface area contributed by atoms with Gasteiger partial charge in [-0.15, -0.1) is 5.10 Å². The van der Waals surface area contributed by atoms with E-state index in [0.717, 1.165) is 6.42 Å². The molecule has 0 radical (unpaired) electrons. The summed E-state index contributed by atoms with van der Waals surface area (Å²) in [5, 5.41) is 10.9. The van der Waals surface area contributed by atoms with E-state index in [0.29, 0.717) is 38.5 Å². The second-order valence-electron chi connectivity index (χ2n) is 6.83. The van der Waals surface area contributed by atoms with Crippen molar-refractivity contribution in [3.63, 3.8) is 0 Å². The van der Waals surface area contributed by atoms with Crippen LogP contribution in [0.1, 0.15) is 22.1 Å². The van der Waals surface area contributed by atoms with E-state index in [2.05, 4.69) is 15.6 Å². The van der Waals surface area contributed by atoms with E-state index in [4.69, 9.17) is 4.74 Å². The maximum Gasteiger partial charge on any atom is 0.317 e. The number of nitrogens with one attached hydrogen (secondary N) is 1. The molecule has 2 aromatic rings. The number of ether oxygens (including phenoxy) is 1. The Morgan fingerprint density at radius 1 is 1.29 bits per heavy atom. The number of carbonyl (C=O) groups excluding carboxylic acids is 2. The van der Waals surface area contributed by atoms with Crippen molar-refractivity contribution >= 4 is 11.9 Å². The summed E-state index contributed by atoms with van der Waals surface area (Å²) >= 11 is 0. The molecule has 150 valence electrons. The van der Waals surface area contributed by atoms with E-state index >= 15 is 0 Å². The highest BCUT2D eigenvalue weighted by Gasteiger charge is 2.33. The highest BCUT2D eigenvalue weighted by molar-refractivity contribution is 5.91. The number of likely N-dealkylation sites (N-methyl/N-ethyl adjacent to an activating group) is 1. The number of aromatic nitrogens is 3. The zero-order valence-electron chi connectivity index (χ0n) is 16.2. The quantitative estimate of drug-likeness (QED) is 0.725. The number of benzene rings is 1. The monoisotopic (exact) mass is 386 g/mol. The standard InChI is InChI=1S/C19H26N6O3/c1-23(10-11-28-2)18(26)17-14-25(22-21-17)16-12-24(13-16)19(27)20-9-8-15-6-4-3-5-7-15/h3-7,14,16H,8-13H2,1-2H3,(H,20,27). The molecule has 0 spiro atoms. The second kappa shape index (κ2) is 9.32. The number of hydrogen-bond donors (Lipinski definition) is 1. The fourth-order valence-electron chi connectivity index (χ4n) is 2.94. The van der Waals surface area contributed by atoms with Gasteiger partial charge in [-0.05, 0) is 12.0 Å². The number of carbonyl (C=O) groups is 2. The first-order valence-electron chi connectivity index (χ1n) is 9.31. The molecule has 1 aromatic carbocycles. The maximum absolute atomic E-state index is 12.3. The van der Waals surface area contributed by atoms with Gasteiger partial charge < -0.3 is 19.9 Å². The van der Waals surface area contributed by atoms with Crippen molar-refractivity contribution in [3.05, 3.63) is 47.8 Å². The smallest absolute Gasteiger partial charge is 0.317 e. The summed E-state index contributed by atoms with van der Waals surface area (Å²) in [4.78, 5) is 27.7. The minimum absolute atomic E-state index is 0.0400. The lowest BCUT2D eigenvalue weighted by molar-refractivity contribution is 0.0738. The predicted octanol–water partition coefficient (Wildman–Crippen LogP) is 0.806. The summed E-state index contributed by atoms with van der Waals surface area (Å²) in [6.45, 7) is 2.65. The molecule has 9 heteroatoms. The van der Waals surface area contributed by atoms with Gasteiger partial charge in [0.2, 0.25) is 0 Å². The molecule has 2 heterocycles. The summed E-state index contributed by atoms with van der Waals surface area (Å²) in [7, 11) is 3.29. The molecule has 0 aliphatic carbocycles. The van der Waals surface area contributed by atoms with E-state index in [1.807, 2.05) is 30.3 Å². The van der Waals surface area contributed by atoms with Crippen LogP contribution in [-0.2, 0) is 11.2 Å². The first kappa shape index (κ1) is 19.8. The molecule has 9 nitrogen and oxygen atoms in total. The van der Waals surface area contributed by atoms with Crippen molar-refractivity contribution in [2.75, 3.05) is 46.9 Å². The number of rotatable bonds is 8. The molecule has 1 aliphatic rings. The van der Waals surface area contributed by atoms with E-state index in [1.54, 1.807) is 34.8 Å². The zero-order valence-corrected chi connectivity index (χ0v) is 16.2. The van der Waals surface area contributed by atoms with Crippen LogP contribution in [0.2, 0.25) is 0 Å². The Hall–Kier alpha value is -2.94. The first-order valence-corrected chi connectivity index (χ1v) is 9.31. The number of nitrogens with zero attached hydrogens (tertiary/aromatic N) is 5. The summed E-state index contributed by atoms with van der Waals surface area (Å²) in [6, 6.07) is 10.0. The van der Waals surface area contributed by atoms with Crippen LogP contribution in [0, 0.1) is 0 Å². The molecule has 0 atom stereocenters. The van der Waals surface area contributed by atoms with Crippen LogP contribution in [0.5, 0.6) is 0 Å². The lowest BCUT2D eigenvalue weighted by atomic mass is 10.1. The second-order valence-corrected chi connectivity index (χ2v) is 6.83. The zero-order chi connectivity index (χ0) is 19.9. The van der Waals surface area contributed by atoms with Crippen molar-refractivity contribution in [2.24, 2.45) is 0 Å². The molecule has 0 saturated carbocycles. The minimum Gasteiger partial charge on any atom is -0.383 e. The predicted molar refractivity (Wildman–Crippen MR) is 103 cm³/mol. The molecule has 3 rings (SSSR count). The first-order chi connectivity index (χ1) is 13.6. The molecule has 1 aliphatic heterocycles. The Kier molecular flexibility index (Phi) is 6.59. The molecule has 0 unspecified atom stereocenters. The Morgan fingerprint density at radius 2 is 2.04 bits per heavy atom. The maximum atomic E-state index is 12.3. The van der Waals surface area contributed by atoms with Crippen molar-refractivity contribution in [3.8, 4) is 0 Å². The number of likely N-dealkylation sites (tertiary alicyclic amines) is 1. The lowest BCUT2D eigenvalue weighted by Crippen LogP contribution is -2.54. The van der Waals surface area contributed by atoms with Crippen LogP contribution in [0.3, 0.4) is 0 Å². The third-order valence-electron chi connectivity index (χ3n) is 4.76. The Bertz CT molecular complexity index is 788. The molecular weight excluding hydrogens is 360 g/mol. The van der Waals surface area contributed by atoms with E-state index < -0.39 is 0 Å². The largest absolute Gasteiger partial charge is 0.383 e. The van der Waals surface area contributed by atoms with Gasteiger partial charge in [0.05, 0.1) is 18.8 Å². The van der Waals surface area contributed by atoms with E-state index in [9.17, 15) is 9.59 Å². The van der Waals surface area contributed by atoms with Crippen molar-refractivity contribution in [1.29, 1.82) is 0 Å². The van der Waals surface area contributed by atoms with Crippen LogP contribution in [0.4, 0.5) is 4.79 Å². The summed E-state index contributed by atoms with van der Waals surface area (Å²) < 4.78 is 6.64. The van der Waals surface area contributed by atoms with Gasteiger partial charge in [0.15, 0.2) is 5.69 Å². The van der Waals surface area contributed by atoms with Gasteiger partial charge in [-0.25, -0.2) is 9.48 Å². The normalized spacial score (nSPS) is 13.9. The summed E-state index contributed by atoms with van der Waals surface area (Å²) in [5.41, 5.74) is 1.49. The molecule has 28 heavy (non-hydrogen) atoms. The van der Waals surface area contributed by atoms with E-state index in [-0.39, 0.29) is 18.0 Å². The number of methoxy groups -OCH3 is 1. The highest BCUT2D eigenvalue weighted by atomic mass is 16.5. The summed E-state index contributed by atoms with van der Waals surface area (Å²) in [6.07, 6.45) is 2.44. The van der Waals surface area contributed by atoms with Gasteiger partial charge in [0.25, 0.3) is 5.91 Å². The number of urea groups is 1. The average Bonchev–Trinajstić information content (AvgIpc) is 3.14. The number of amides is 3. The van der Waals surface area contributed by atoms with Gasteiger partial charge in [0.1, 0.15) is 0 Å². The Morgan fingerprint density at radius 3 is 2.75 bits per heavy atom. The van der Waals surface area contributed by atoms with E-state index in [1.165, 1.54) is 5.56 Å². The molecule has 1 aromatic heterocycles. The van der Waals surface area contributed by atoms with Crippen molar-refractivity contribution in [1.82, 2.24) is 30.1 Å². The molecule has 1 fully saturated rings. The van der Waals surface area contributed by atoms with Crippen molar-refractivity contribution in [2.45, 2.75) is 12.5 Å². The molecule has 1 saturated heterocycles. The minimum atomic E-state index is -0.196. The molecule has 0 bridgehead atoms. The SMILES string of the molecule is COCCN(C)C(=O)c1cn(C2CN(C(=O)NCCc3ccccc3)C2)nn1. The molecular formula is C19H26N6O3. The van der Waals surface area contributed by atoms with Gasteiger partial charge in [0, 0.05) is 40.3 Å². The lowest BCUT2D eigenvalue weighted by Gasteiger charge is -2.38. The van der Waals surface area contributed by atoms with Gasteiger partial charge in [-0.3, -0.25) is 4.79 Å². The Labute approximate surface area is 164 Å². The van der Waals surface area contributed by atoms with Crippen LogP contribution in [0.15, 0.2) is 36.5 Å². The van der Waals surface area contributed by atoms with Gasteiger partial charge >= 0.3 is 6.03 Å². The van der Waals surface area contributed by atoms with Crippen LogP contribution in [-0.4, -0.2) is 83.7 Å². The molecule has 3 amide bonds. The van der Waals surface area contributed by atoms with Crippen molar-refractivity contribution < 1.29 is 14.3 Å². The van der Waals surface area contributed by atoms with Gasteiger partial charge in [-0.1, -0.05) is 35.5 Å². The van der Waals surface area contributed by atoms with Crippen LogP contribution >= 0.6 is 0 Å².